The van der Waals surface area contributed by atoms with E-state index in [9.17, 15) is 0 Å². The quantitative estimate of drug-likeness (QED) is 0.582. The fraction of sp³-hybridized carbons (Fsp3) is 0.933. The Hall–Kier alpha value is -0.730. The first-order valence-corrected chi connectivity index (χ1v) is 7.58. The maximum atomic E-state index is 5.66. The molecule has 1 aliphatic rings. The molecule has 0 aliphatic heterocycles. The average molecular weight is 253 g/mol. The molecule has 0 radical (unpaired) electrons. The average Bonchev–Trinajstić information content (AvgIpc) is 2.38. The number of nitrogens with zero attached hydrogens (tertiary/aromatic N) is 1. The third kappa shape index (κ3) is 2.81. The molecule has 0 heterocycles. The molecule has 0 aromatic rings. The molecule has 0 saturated heterocycles. The number of hydrogen-bond donors (Lipinski definition) is 2. The number of guanidine groups is 1. The van der Waals surface area contributed by atoms with Gasteiger partial charge in [0.1, 0.15) is 0 Å². The summed E-state index contributed by atoms with van der Waals surface area (Å²) in [5.41, 5.74) is 11.9. The first-order valence-electron chi connectivity index (χ1n) is 7.58. The fourth-order valence-electron chi connectivity index (χ4n) is 3.87. The Morgan fingerprint density at radius 2 is 1.67 bits per heavy atom. The van der Waals surface area contributed by atoms with Crippen LogP contribution in [0.15, 0.2) is 4.99 Å². The van der Waals surface area contributed by atoms with Crippen molar-refractivity contribution in [3.05, 3.63) is 0 Å². The predicted molar refractivity (Wildman–Crippen MR) is 79.5 cm³/mol. The van der Waals surface area contributed by atoms with Gasteiger partial charge < -0.3 is 11.5 Å². The van der Waals surface area contributed by atoms with Gasteiger partial charge in [-0.1, -0.05) is 47.0 Å². The van der Waals surface area contributed by atoms with Crippen LogP contribution in [-0.4, -0.2) is 11.5 Å². The second kappa shape index (κ2) is 5.94. The summed E-state index contributed by atoms with van der Waals surface area (Å²) in [6.07, 6.45) is 8.46. The van der Waals surface area contributed by atoms with Crippen molar-refractivity contribution in [3.8, 4) is 0 Å². The van der Waals surface area contributed by atoms with Crippen LogP contribution in [-0.2, 0) is 0 Å². The van der Waals surface area contributed by atoms with E-state index in [0.29, 0.717) is 11.3 Å². The molecule has 1 rings (SSSR count). The largest absolute Gasteiger partial charge is 0.370 e. The Balaban J connectivity index is 3.01. The van der Waals surface area contributed by atoms with Gasteiger partial charge in [0.15, 0.2) is 5.96 Å². The van der Waals surface area contributed by atoms with Crippen LogP contribution in [0.1, 0.15) is 72.6 Å². The van der Waals surface area contributed by atoms with Gasteiger partial charge in [-0.05, 0) is 37.0 Å². The van der Waals surface area contributed by atoms with E-state index in [2.05, 4.69) is 32.7 Å². The molecule has 4 N–H and O–H groups in total. The summed E-state index contributed by atoms with van der Waals surface area (Å²) in [5.74, 6) is 0.883. The number of hydrogen-bond acceptors (Lipinski definition) is 1. The highest BCUT2D eigenvalue weighted by molar-refractivity contribution is 5.76. The Labute approximate surface area is 112 Å². The zero-order valence-electron chi connectivity index (χ0n) is 12.6. The third-order valence-corrected chi connectivity index (χ3v) is 5.48. The van der Waals surface area contributed by atoms with E-state index in [-0.39, 0.29) is 11.5 Å². The van der Waals surface area contributed by atoms with Gasteiger partial charge in [0.2, 0.25) is 0 Å². The predicted octanol–water partition coefficient (Wildman–Crippen LogP) is 3.43. The first kappa shape index (κ1) is 15.3. The highest BCUT2D eigenvalue weighted by atomic mass is 15.0. The van der Waals surface area contributed by atoms with Gasteiger partial charge in [-0.25, -0.2) is 4.99 Å². The van der Waals surface area contributed by atoms with Crippen molar-refractivity contribution >= 4 is 5.96 Å². The second-order valence-corrected chi connectivity index (χ2v) is 6.01. The monoisotopic (exact) mass is 253 g/mol. The summed E-state index contributed by atoms with van der Waals surface area (Å²) in [7, 11) is 0. The molecule has 0 bridgehead atoms. The van der Waals surface area contributed by atoms with Crippen molar-refractivity contribution in [1.82, 2.24) is 0 Å². The van der Waals surface area contributed by atoms with Crippen LogP contribution in [0.3, 0.4) is 0 Å². The van der Waals surface area contributed by atoms with Crippen LogP contribution >= 0.6 is 0 Å². The topological polar surface area (TPSA) is 64.4 Å². The molecule has 3 nitrogen and oxygen atoms in total. The van der Waals surface area contributed by atoms with Gasteiger partial charge in [0.05, 0.1) is 5.54 Å². The normalized spacial score (nSPS) is 31.0. The molecule has 0 amide bonds. The summed E-state index contributed by atoms with van der Waals surface area (Å²) >= 11 is 0. The molecule has 2 atom stereocenters. The van der Waals surface area contributed by atoms with Crippen LogP contribution < -0.4 is 11.5 Å². The van der Waals surface area contributed by atoms with E-state index in [1.165, 1.54) is 32.1 Å². The Morgan fingerprint density at radius 1 is 1.06 bits per heavy atom. The van der Waals surface area contributed by atoms with E-state index in [4.69, 9.17) is 11.5 Å². The minimum absolute atomic E-state index is 0.00141. The molecule has 106 valence electrons. The molecule has 0 aromatic heterocycles. The summed E-state index contributed by atoms with van der Waals surface area (Å²) in [6, 6.07) is 0. The Bertz CT molecular complexity index is 290. The number of aliphatic imine (C=N–C) groups is 1. The van der Waals surface area contributed by atoms with Gasteiger partial charge in [-0.15, -0.1) is 0 Å². The maximum absolute atomic E-state index is 5.66. The first-order chi connectivity index (χ1) is 8.47. The highest BCUT2D eigenvalue weighted by Crippen LogP contribution is 2.52. The molecule has 3 heteroatoms. The van der Waals surface area contributed by atoms with Gasteiger partial charge in [-0.2, -0.15) is 0 Å². The van der Waals surface area contributed by atoms with Crippen LogP contribution in [0.25, 0.3) is 0 Å². The van der Waals surface area contributed by atoms with Crippen molar-refractivity contribution in [3.63, 3.8) is 0 Å². The molecular formula is C15H31N3. The van der Waals surface area contributed by atoms with Crippen molar-refractivity contribution in [2.24, 2.45) is 27.8 Å². The molecular weight excluding hydrogens is 222 g/mol. The number of nitrogens with two attached hydrogens (primary N) is 2. The van der Waals surface area contributed by atoms with Gasteiger partial charge in [-0.3, -0.25) is 0 Å². The molecule has 1 fully saturated rings. The lowest BCUT2D eigenvalue weighted by molar-refractivity contribution is 0.0545. The van der Waals surface area contributed by atoms with Crippen LogP contribution in [0.2, 0.25) is 0 Å². The summed E-state index contributed by atoms with van der Waals surface area (Å²) in [6.45, 7) is 9.16. The molecule has 18 heavy (non-hydrogen) atoms. The zero-order chi connectivity index (χ0) is 13.8. The second-order valence-electron chi connectivity index (χ2n) is 6.01. The van der Waals surface area contributed by atoms with Gasteiger partial charge in [0.25, 0.3) is 0 Å². The minimum Gasteiger partial charge on any atom is -0.370 e. The van der Waals surface area contributed by atoms with Crippen molar-refractivity contribution in [1.29, 1.82) is 0 Å². The van der Waals surface area contributed by atoms with Crippen LogP contribution in [0.4, 0.5) is 0 Å². The Morgan fingerprint density at radius 3 is 2.06 bits per heavy atom. The minimum atomic E-state index is 0.00141. The molecule has 0 aromatic carbocycles. The van der Waals surface area contributed by atoms with E-state index < -0.39 is 0 Å². The summed E-state index contributed by atoms with van der Waals surface area (Å²) in [5, 5.41) is 0. The van der Waals surface area contributed by atoms with Crippen molar-refractivity contribution in [2.45, 2.75) is 78.2 Å². The fourth-order valence-corrected chi connectivity index (χ4v) is 3.87. The highest BCUT2D eigenvalue weighted by Gasteiger charge is 2.46. The van der Waals surface area contributed by atoms with Crippen molar-refractivity contribution in [2.75, 3.05) is 0 Å². The SMILES string of the molecule is CCC1CC(CC)(CC)CCC1(CC)N=C(N)N. The maximum Gasteiger partial charge on any atom is 0.186 e. The standard InChI is InChI=1S/C15H31N3/c1-5-12-11-14(6-2,7-3)9-10-15(12,8-4)18-13(16)17/h12H,5-11H2,1-4H3,(H4,16,17,18). The lowest BCUT2D eigenvalue weighted by Crippen LogP contribution is -2.46. The number of rotatable bonds is 5. The Kier molecular flexibility index (Phi) is 5.06. The van der Waals surface area contributed by atoms with E-state index in [1.54, 1.807) is 0 Å². The van der Waals surface area contributed by atoms with Crippen molar-refractivity contribution < 1.29 is 0 Å². The zero-order valence-corrected chi connectivity index (χ0v) is 12.6. The van der Waals surface area contributed by atoms with E-state index in [1.807, 2.05) is 0 Å². The third-order valence-electron chi connectivity index (χ3n) is 5.48. The van der Waals surface area contributed by atoms with E-state index >= 15 is 0 Å². The summed E-state index contributed by atoms with van der Waals surface area (Å²) < 4.78 is 0. The van der Waals surface area contributed by atoms with Gasteiger partial charge in [0, 0.05) is 0 Å². The molecule has 1 saturated carbocycles. The van der Waals surface area contributed by atoms with Crippen LogP contribution in [0.5, 0.6) is 0 Å². The van der Waals surface area contributed by atoms with Gasteiger partial charge >= 0.3 is 0 Å². The van der Waals surface area contributed by atoms with Crippen LogP contribution in [0, 0.1) is 11.3 Å². The smallest absolute Gasteiger partial charge is 0.186 e. The lowest BCUT2D eigenvalue weighted by Gasteiger charge is -2.49. The molecule has 1 aliphatic carbocycles. The lowest BCUT2D eigenvalue weighted by atomic mass is 9.58. The molecule has 2 unspecified atom stereocenters. The summed E-state index contributed by atoms with van der Waals surface area (Å²) in [4.78, 5) is 4.65. The molecule has 0 spiro atoms. The van der Waals surface area contributed by atoms with E-state index in [0.717, 1.165) is 12.8 Å².